The Morgan fingerprint density at radius 3 is 1.91 bits per heavy atom. The van der Waals surface area contributed by atoms with E-state index in [0.29, 0.717) is 30.2 Å². The van der Waals surface area contributed by atoms with Crippen LogP contribution in [0.25, 0.3) is 0 Å². The van der Waals surface area contributed by atoms with E-state index in [0.717, 1.165) is 11.1 Å². The molecule has 0 saturated heterocycles. The summed E-state index contributed by atoms with van der Waals surface area (Å²) in [4.78, 5) is 27.6. The molecular formula is C27H29NO5. The molecule has 0 aliphatic rings. The molecule has 3 rings (SSSR count). The third-order valence-corrected chi connectivity index (χ3v) is 5.23. The smallest absolute Gasteiger partial charge is 0.311 e. The summed E-state index contributed by atoms with van der Waals surface area (Å²) in [7, 11) is 3.09. The van der Waals surface area contributed by atoms with Gasteiger partial charge in [0.2, 0.25) is 0 Å². The largest absolute Gasteiger partial charge is 0.497 e. The summed E-state index contributed by atoms with van der Waals surface area (Å²) in [5.41, 5.74) is 2.67. The predicted molar refractivity (Wildman–Crippen MR) is 126 cm³/mol. The molecule has 6 heteroatoms. The Kier molecular flexibility index (Phi) is 8.47. The molecule has 1 amide bonds. The predicted octanol–water partition coefficient (Wildman–Crippen LogP) is 4.41. The average Bonchev–Trinajstić information content (AvgIpc) is 2.84. The molecule has 1 unspecified atom stereocenters. The van der Waals surface area contributed by atoms with Crippen LogP contribution in [-0.2, 0) is 33.8 Å². The Morgan fingerprint density at radius 2 is 1.39 bits per heavy atom. The van der Waals surface area contributed by atoms with Crippen molar-refractivity contribution in [3.8, 4) is 11.5 Å². The number of nitrogens with zero attached hydrogens (tertiary/aromatic N) is 1. The molecule has 0 spiro atoms. The molecule has 0 aromatic heterocycles. The van der Waals surface area contributed by atoms with Gasteiger partial charge in [0.1, 0.15) is 11.5 Å². The minimum Gasteiger partial charge on any atom is -0.497 e. The zero-order chi connectivity index (χ0) is 23.6. The van der Waals surface area contributed by atoms with Gasteiger partial charge in [0.15, 0.2) is 6.10 Å². The average molecular weight is 448 g/mol. The summed E-state index contributed by atoms with van der Waals surface area (Å²) >= 11 is 0. The van der Waals surface area contributed by atoms with Crippen molar-refractivity contribution in [2.24, 2.45) is 0 Å². The van der Waals surface area contributed by atoms with E-state index >= 15 is 0 Å². The Balaban J connectivity index is 1.69. The lowest BCUT2D eigenvalue weighted by atomic mass is 10.1. The van der Waals surface area contributed by atoms with Gasteiger partial charge in [0, 0.05) is 24.7 Å². The quantitative estimate of drug-likeness (QED) is 0.431. The van der Waals surface area contributed by atoms with Gasteiger partial charge < -0.3 is 19.1 Å². The number of methoxy groups -OCH3 is 2. The lowest BCUT2D eigenvalue weighted by Crippen LogP contribution is -2.39. The van der Waals surface area contributed by atoms with E-state index in [1.165, 1.54) is 7.11 Å². The van der Waals surface area contributed by atoms with Crippen molar-refractivity contribution in [2.75, 3.05) is 14.2 Å². The van der Waals surface area contributed by atoms with Crippen LogP contribution in [-0.4, -0.2) is 37.1 Å². The van der Waals surface area contributed by atoms with E-state index in [4.69, 9.17) is 14.2 Å². The van der Waals surface area contributed by atoms with Crippen molar-refractivity contribution in [3.05, 3.63) is 95.6 Å². The van der Waals surface area contributed by atoms with E-state index in [9.17, 15) is 9.59 Å². The van der Waals surface area contributed by atoms with Crippen molar-refractivity contribution in [1.29, 1.82) is 0 Å². The standard InChI is InChI=1S/C27H29NO5/c1-20(33-26(29)16-23-14-15-24(31-2)17-25(23)32-3)27(30)28(18-21-10-6-4-7-11-21)19-22-12-8-5-9-13-22/h4-15,17,20H,16,18-19H2,1-3H3. The van der Waals surface area contributed by atoms with Crippen LogP contribution in [0.15, 0.2) is 78.9 Å². The molecule has 0 radical (unpaired) electrons. The van der Waals surface area contributed by atoms with Gasteiger partial charge in [-0.15, -0.1) is 0 Å². The van der Waals surface area contributed by atoms with Gasteiger partial charge in [-0.1, -0.05) is 66.7 Å². The van der Waals surface area contributed by atoms with Crippen molar-refractivity contribution in [1.82, 2.24) is 4.90 Å². The van der Waals surface area contributed by atoms with Gasteiger partial charge in [-0.2, -0.15) is 0 Å². The van der Waals surface area contributed by atoms with E-state index in [1.54, 1.807) is 37.1 Å². The minimum absolute atomic E-state index is 0.0117. The Labute approximate surface area is 194 Å². The number of rotatable bonds is 10. The van der Waals surface area contributed by atoms with Crippen LogP contribution >= 0.6 is 0 Å². The second-order valence-corrected chi connectivity index (χ2v) is 7.65. The van der Waals surface area contributed by atoms with Crippen LogP contribution in [0, 0.1) is 0 Å². The van der Waals surface area contributed by atoms with E-state index < -0.39 is 12.1 Å². The topological polar surface area (TPSA) is 65.1 Å². The molecule has 6 nitrogen and oxygen atoms in total. The molecule has 0 N–H and O–H groups in total. The SMILES string of the molecule is COc1ccc(CC(=O)OC(C)C(=O)N(Cc2ccccc2)Cc2ccccc2)c(OC)c1. The van der Waals surface area contributed by atoms with Crippen molar-refractivity contribution < 1.29 is 23.8 Å². The van der Waals surface area contributed by atoms with Gasteiger partial charge in [-0.05, 0) is 24.1 Å². The monoisotopic (exact) mass is 447 g/mol. The number of hydrogen-bond acceptors (Lipinski definition) is 5. The van der Waals surface area contributed by atoms with E-state index in [2.05, 4.69) is 0 Å². The highest BCUT2D eigenvalue weighted by Crippen LogP contribution is 2.25. The van der Waals surface area contributed by atoms with Crippen LogP contribution in [0.2, 0.25) is 0 Å². The van der Waals surface area contributed by atoms with Crippen LogP contribution in [0.3, 0.4) is 0 Å². The maximum atomic E-state index is 13.3. The fourth-order valence-corrected chi connectivity index (χ4v) is 3.52. The van der Waals surface area contributed by atoms with Crippen LogP contribution in [0.1, 0.15) is 23.6 Å². The molecular weight excluding hydrogens is 418 g/mol. The van der Waals surface area contributed by atoms with E-state index in [-0.39, 0.29) is 12.3 Å². The Hall–Kier alpha value is -3.80. The molecule has 0 saturated carbocycles. The second kappa shape index (κ2) is 11.7. The normalized spacial score (nSPS) is 11.4. The van der Waals surface area contributed by atoms with Crippen molar-refractivity contribution in [2.45, 2.75) is 32.5 Å². The highest BCUT2D eigenvalue weighted by molar-refractivity contribution is 5.84. The molecule has 1 atom stereocenters. The van der Waals surface area contributed by atoms with Crippen molar-refractivity contribution >= 4 is 11.9 Å². The fraction of sp³-hybridized carbons (Fsp3) is 0.259. The van der Waals surface area contributed by atoms with Crippen LogP contribution in [0.5, 0.6) is 11.5 Å². The zero-order valence-electron chi connectivity index (χ0n) is 19.2. The molecule has 0 bridgehead atoms. The summed E-state index contributed by atoms with van der Waals surface area (Å²) in [6, 6.07) is 24.7. The summed E-state index contributed by atoms with van der Waals surface area (Å²) in [5.74, 6) is 0.404. The molecule has 0 aliphatic heterocycles. The van der Waals surface area contributed by atoms with Crippen LogP contribution < -0.4 is 9.47 Å². The number of ether oxygens (including phenoxy) is 3. The summed E-state index contributed by atoms with van der Waals surface area (Å²) in [6.45, 7) is 2.44. The number of amides is 1. The summed E-state index contributed by atoms with van der Waals surface area (Å²) in [5, 5.41) is 0. The third-order valence-electron chi connectivity index (χ3n) is 5.23. The first-order valence-corrected chi connectivity index (χ1v) is 10.8. The summed E-state index contributed by atoms with van der Waals surface area (Å²) < 4.78 is 16.1. The first-order valence-electron chi connectivity index (χ1n) is 10.8. The summed E-state index contributed by atoms with van der Waals surface area (Å²) in [6.07, 6.45) is -0.934. The fourth-order valence-electron chi connectivity index (χ4n) is 3.52. The highest BCUT2D eigenvalue weighted by atomic mass is 16.5. The molecule has 3 aromatic rings. The van der Waals surface area contributed by atoms with Crippen LogP contribution in [0.4, 0.5) is 0 Å². The third kappa shape index (κ3) is 6.84. The number of esters is 1. The van der Waals surface area contributed by atoms with Gasteiger partial charge in [0.25, 0.3) is 5.91 Å². The first kappa shape index (κ1) is 23.9. The molecule has 33 heavy (non-hydrogen) atoms. The van der Waals surface area contributed by atoms with E-state index in [1.807, 2.05) is 60.7 Å². The van der Waals surface area contributed by atoms with Gasteiger partial charge >= 0.3 is 5.97 Å². The van der Waals surface area contributed by atoms with Gasteiger partial charge in [-0.25, -0.2) is 0 Å². The molecule has 172 valence electrons. The number of benzene rings is 3. The van der Waals surface area contributed by atoms with Gasteiger partial charge in [0.05, 0.1) is 20.6 Å². The number of carbonyl (C=O) groups excluding carboxylic acids is 2. The lowest BCUT2D eigenvalue weighted by molar-refractivity contribution is -0.159. The molecule has 0 aliphatic carbocycles. The maximum absolute atomic E-state index is 13.3. The number of carbonyl (C=O) groups is 2. The maximum Gasteiger partial charge on any atom is 0.311 e. The Morgan fingerprint density at radius 1 is 0.818 bits per heavy atom. The van der Waals surface area contributed by atoms with Crippen molar-refractivity contribution in [3.63, 3.8) is 0 Å². The second-order valence-electron chi connectivity index (χ2n) is 7.65. The van der Waals surface area contributed by atoms with Gasteiger partial charge in [-0.3, -0.25) is 9.59 Å². The molecule has 3 aromatic carbocycles. The number of hydrogen-bond donors (Lipinski definition) is 0. The Bertz CT molecular complexity index is 1010. The zero-order valence-corrected chi connectivity index (χ0v) is 19.2. The molecule has 0 heterocycles. The minimum atomic E-state index is -0.922. The highest BCUT2D eigenvalue weighted by Gasteiger charge is 2.25. The lowest BCUT2D eigenvalue weighted by Gasteiger charge is -2.26. The first-order chi connectivity index (χ1) is 16.0. The molecule has 0 fully saturated rings.